The minimum absolute atomic E-state index is 0.373. The Hall–Kier alpha value is -2.33. The van der Waals surface area contributed by atoms with E-state index in [1.807, 2.05) is 60.7 Å². The lowest BCUT2D eigenvalue weighted by Crippen LogP contribution is -2.32. The Morgan fingerprint density at radius 2 is 1.40 bits per heavy atom. The molecule has 96 valence electrons. The molecule has 1 heterocycles. The first-order chi connectivity index (χ1) is 9.70. The molecule has 0 saturated carbocycles. The molecule has 20 heavy (non-hydrogen) atoms. The van der Waals surface area contributed by atoms with E-state index in [0.717, 1.165) is 15.9 Å². The van der Waals surface area contributed by atoms with Crippen molar-refractivity contribution in [3.63, 3.8) is 0 Å². The van der Waals surface area contributed by atoms with E-state index in [1.165, 1.54) is 0 Å². The Kier molecular flexibility index (Phi) is 3.16. The highest BCUT2D eigenvalue weighted by Crippen LogP contribution is 2.36. The Morgan fingerprint density at radius 1 is 0.900 bits per heavy atom. The molecule has 0 spiro atoms. The fraction of sp³-hybridized carbons (Fsp3) is 0.0625. The molecule has 2 radical (unpaired) electrons. The summed E-state index contributed by atoms with van der Waals surface area (Å²) in [7, 11) is 5.67. The van der Waals surface area contributed by atoms with Crippen molar-refractivity contribution in [3.05, 3.63) is 71.8 Å². The van der Waals surface area contributed by atoms with Crippen molar-refractivity contribution < 1.29 is 9.90 Å². The van der Waals surface area contributed by atoms with E-state index < -0.39 is 6.23 Å². The Labute approximate surface area is 118 Å². The van der Waals surface area contributed by atoms with Gasteiger partial charge in [-0.05, 0) is 11.1 Å². The van der Waals surface area contributed by atoms with Gasteiger partial charge in [-0.3, -0.25) is 4.79 Å². The number of amides is 1. The standard InChI is InChI=1S/C16H12BNO2/c17-18-15(19)13(11-7-3-1-4-8-11)14(16(18)20)12-9-5-2-6-10-12/h1-10,15,19H. The maximum atomic E-state index is 12.3. The summed E-state index contributed by atoms with van der Waals surface area (Å²) in [5.41, 5.74) is 2.54. The summed E-state index contributed by atoms with van der Waals surface area (Å²) < 4.78 is 0. The third-order valence-corrected chi connectivity index (χ3v) is 3.39. The van der Waals surface area contributed by atoms with Crippen LogP contribution < -0.4 is 0 Å². The fourth-order valence-corrected chi connectivity index (χ4v) is 2.42. The molecule has 1 aliphatic rings. The van der Waals surface area contributed by atoms with Crippen LogP contribution in [0.1, 0.15) is 11.1 Å². The van der Waals surface area contributed by atoms with E-state index in [9.17, 15) is 9.90 Å². The number of aliphatic hydroxyl groups excluding tert-OH is 1. The second-order valence-corrected chi connectivity index (χ2v) is 4.61. The van der Waals surface area contributed by atoms with Gasteiger partial charge in [0.2, 0.25) is 13.9 Å². The SMILES string of the molecule is [B]N1C(=O)C(c2ccccc2)=C(c2ccccc2)C1O. The molecule has 1 atom stereocenters. The molecule has 1 amide bonds. The molecule has 3 nitrogen and oxygen atoms in total. The zero-order valence-corrected chi connectivity index (χ0v) is 10.7. The molecule has 0 aromatic heterocycles. The number of nitrogens with zero attached hydrogens (tertiary/aromatic N) is 1. The van der Waals surface area contributed by atoms with Gasteiger partial charge in [-0.25, -0.2) is 0 Å². The second kappa shape index (κ2) is 4.98. The third-order valence-electron chi connectivity index (χ3n) is 3.39. The maximum Gasteiger partial charge on any atom is 0.244 e. The van der Waals surface area contributed by atoms with E-state index in [1.54, 1.807) is 0 Å². The molecular weight excluding hydrogens is 249 g/mol. The number of carbonyl (C=O) groups is 1. The van der Waals surface area contributed by atoms with Crippen molar-refractivity contribution in [2.45, 2.75) is 6.23 Å². The molecule has 1 N–H and O–H groups in total. The van der Waals surface area contributed by atoms with Crippen LogP contribution in [0.5, 0.6) is 0 Å². The van der Waals surface area contributed by atoms with Crippen LogP contribution in [-0.4, -0.2) is 30.0 Å². The minimum Gasteiger partial charge on any atom is -0.370 e. The summed E-state index contributed by atoms with van der Waals surface area (Å²) in [6.07, 6.45) is -1.12. The van der Waals surface area contributed by atoms with Crippen molar-refractivity contribution in [3.8, 4) is 0 Å². The van der Waals surface area contributed by atoms with Gasteiger partial charge in [0.05, 0.1) is 5.57 Å². The van der Waals surface area contributed by atoms with Crippen LogP contribution in [0.3, 0.4) is 0 Å². The summed E-state index contributed by atoms with van der Waals surface area (Å²) >= 11 is 0. The van der Waals surface area contributed by atoms with Crippen molar-refractivity contribution in [1.29, 1.82) is 0 Å². The van der Waals surface area contributed by atoms with Crippen molar-refractivity contribution in [1.82, 2.24) is 4.81 Å². The van der Waals surface area contributed by atoms with Gasteiger partial charge in [0, 0.05) is 5.57 Å². The summed E-state index contributed by atoms with van der Waals surface area (Å²) in [6, 6.07) is 18.6. The van der Waals surface area contributed by atoms with Gasteiger partial charge < -0.3 is 9.92 Å². The molecular formula is C16H12BNO2. The van der Waals surface area contributed by atoms with Gasteiger partial charge in [-0.1, -0.05) is 60.7 Å². The van der Waals surface area contributed by atoms with Crippen LogP contribution in [0, 0.1) is 0 Å². The van der Waals surface area contributed by atoms with Crippen LogP contribution in [0.2, 0.25) is 0 Å². The number of carbonyl (C=O) groups excluding carboxylic acids is 1. The first-order valence-corrected chi connectivity index (χ1v) is 6.31. The van der Waals surface area contributed by atoms with Crippen LogP contribution >= 0.6 is 0 Å². The molecule has 0 fully saturated rings. The monoisotopic (exact) mass is 261 g/mol. The molecule has 0 aliphatic carbocycles. The highest BCUT2D eigenvalue weighted by atomic mass is 16.3. The topological polar surface area (TPSA) is 40.5 Å². The molecule has 4 heteroatoms. The van der Waals surface area contributed by atoms with Crippen LogP contribution in [0.25, 0.3) is 11.1 Å². The molecule has 3 rings (SSSR count). The van der Waals surface area contributed by atoms with Gasteiger partial charge in [0.15, 0.2) is 0 Å². The predicted molar refractivity (Wildman–Crippen MR) is 78.3 cm³/mol. The van der Waals surface area contributed by atoms with E-state index in [2.05, 4.69) is 0 Å². The lowest BCUT2D eigenvalue weighted by atomic mass is 9.96. The lowest BCUT2D eigenvalue weighted by Gasteiger charge is -2.17. The maximum absolute atomic E-state index is 12.3. The number of rotatable bonds is 2. The zero-order valence-electron chi connectivity index (χ0n) is 10.7. The van der Waals surface area contributed by atoms with Gasteiger partial charge in [-0.2, -0.15) is 0 Å². The number of aliphatic hydroxyl groups is 1. The normalized spacial score (nSPS) is 18.8. The van der Waals surface area contributed by atoms with Gasteiger partial charge >= 0.3 is 0 Å². The average molecular weight is 261 g/mol. The van der Waals surface area contributed by atoms with E-state index in [0.29, 0.717) is 11.1 Å². The van der Waals surface area contributed by atoms with E-state index in [4.69, 9.17) is 7.98 Å². The summed E-state index contributed by atoms with van der Waals surface area (Å²) in [4.78, 5) is 13.1. The minimum atomic E-state index is -1.12. The number of benzene rings is 2. The molecule has 0 saturated heterocycles. The van der Waals surface area contributed by atoms with E-state index in [-0.39, 0.29) is 5.91 Å². The fourth-order valence-electron chi connectivity index (χ4n) is 2.42. The predicted octanol–water partition coefficient (Wildman–Crippen LogP) is 1.84. The highest BCUT2D eigenvalue weighted by Gasteiger charge is 2.36. The largest absolute Gasteiger partial charge is 0.370 e. The zero-order chi connectivity index (χ0) is 14.1. The first kappa shape index (κ1) is 12.7. The highest BCUT2D eigenvalue weighted by molar-refractivity contribution is 6.37. The number of hydrogen-bond donors (Lipinski definition) is 1. The molecule has 0 bridgehead atoms. The average Bonchev–Trinajstić information content (AvgIpc) is 2.73. The van der Waals surface area contributed by atoms with Gasteiger partial charge in [0.1, 0.15) is 6.23 Å². The van der Waals surface area contributed by atoms with E-state index >= 15 is 0 Å². The summed E-state index contributed by atoms with van der Waals surface area (Å²) in [5, 5.41) is 10.2. The molecule has 2 aromatic rings. The van der Waals surface area contributed by atoms with Crippen molar-refractivity contribution in [2.24, 2.45) is 0 Å². The number of hydrogen-bond acceptors (Lipinski definition) is 2. The Balaban J connectivity index is 2.23. The lowest BCUT2D eigenvalue weighted by molar-refractivity contribution is -0.123. The third kappa shape index (κ3) is 1.94. The van der Waals surface area contributed by atoms with Gasteiger partial charge in [0.25, 0.3) is 0 Å². The smallest absolute Gasteiger partial charge is 0.244 e. The Morgan fingerprint density at radius 3 is 1.95 bits per heavy atom. The Bertz CT molecular complexity index is 667. The van der Waals surface area contributed by atoms with Crippen molar-refractivity contribution in [2.75, 3.05) is 0 Å². The van der Waals surface area contributed by atoms with Crippen LogP contribution in [-0.2, 0) is 4.79 Å². The second-order valence-electron chi connectivity index (χ2n) is 4.61. The van der Waals surface area contributed by atoms with Gasteiger partial charge in [-0.15, -0.1) is 0 Å². The summed E-state index contributed by atoms with van der Waals surface area (Å²) in [5.74, 6) is -0.373. The molecule has 1 unspecified atom stereocenters. The molecule has 2 aromatic carbocycles. The molecule has 1 aliphatic heterocycles. The van der Waals surface area contributed by atoms with Crippen LogP contribution in [0.15, 0.2) is 60.7 Å². The first-order valence-electron chi connectivity index (χ1n) is 6.31. The summed E-state index contributed by atoms with van der Waals surface area (Å²) in [6.45, 7) is 0. The quantitative estimate of drug-likeness (QED) is 0.838. The van der Waals surface area contributed by atoms with Crippen LogP contribution in [0.4, 0.5) is 0 Å². The van der Waals surface area contributed by atoms with Crippen molar-refractivity contribution >= 4 is 25.0 Å².